The third-order valence-electron chi connectivity index (χ3n) is 5.61. The topological polar surface area (TPSA) is 21.4 Å². The number of nitrogens with zero attached hydrogens (tertiary/aromatic N) is 2. The summed E-state index contributed by atoms with van der Waals surface area (Å²) in [5.74, 6) is -0.556. The Labute approximate surface area is 187 Å². The molecular weight excluding hydrogens is 368 g/mol. The number of pyridine rings is 1. The van der Waals surface area contributed by atoms with Crippen LogP contribution < -0.4 is 4.57 Å². The van der Waals surface area contributed by atoms with Crippen LogP contribution in [0.3, 0.4) is 0 Å². The molecule has 0 saturated carbocycles. The minimum atomic E-state index is -2.60. The van der Waals surface area contributed by atoms with Gasteiger partial charge in [-0.25, -0.2) is 4.85 Å². The molecule has 0 N–H and O–H groups in total. The van der Waals surface area contributed by atoms with Gasteiger partial charge < -0.3 is 4.42 Å². The summed E-state index contributed by atoms with van der Waals surface area (Å²) in [6.45, 7) is 13.7. The molecule has 152 valence electrons. The van der Waals surface area contributed by atoms with E-state index in [1.54, 1.807) is 50.6 Å². The fourth-order valence-electron chi connectivity index (χ4n) is 4.07. The summed E-state index contributed by atoms with van der Waals surface area (Å²) in [4.78, 5) is 3.54. The largest absolute Gasteiger partial charge is 0.455 e. The van der Waals surface area contributed by atoms with Gasteiger partial charge in [0.05, 0.1) is 13.5 Å². The first-order valence-electron chi connectivity index (χ1n) is 13.0. The predicted molar refractivity (Wildman–Crippen MR) is 124 cm³/mol. The molecular formula is C27H29N2O+. The van der Waals surface area contributed by atoms with Crippen LogP contribution in [-0.2, 0) is 13.4 Å². The van der Waals surface area contributed by atoms with Gasteiger partial charge in [0.1, 0.15) is 18.2 Å². The lowest BCUT2D eigenvalue weighted by Gasteiger charge is -2.14. The Bertz CT molecular complexity index is 1590. The summed E-state index contributed by atoms with van der Waals surface area (Å²) < 4.78 is 59.4. The van der Waals surface area contributed by atoms with Crippen molar-refractivity contribution in [2.24, 2.45) is 13.0 Å². The Morgan fingerprint density at radius 1 is 1.23 bits per heavy atom. The van der Waals surface area contributed by atoms with Crippen LogP contribution in [0.2, 0.25) is 0 Å². The maximum Gasteiger partial charge on any atom is 0.216 e. The summed E-state index contributed by atoms with van der Waals surface area (Å²) in [7, 11) is 1.71. The van der Waals surface area contributed by atoms with Crippen molar-refractivity contribution >= 4 is 27.6 Å². The van der Waals surface area contributed by atoms with E-state index in [4.69, 9.17) is 17.8 Å². The van der Waals surface area contributed by atoms with Crippen molar-refractivity contribution in [3.8, 4) is 11.3 Å². The lowest BCUT2D eigenvalue weighted by Crippen LogP contribution is -2.36. The summed E-state index contributed by atoms with van der Waals surface area (Å²) >= 11 is 0. The zero-order chi connectivity index (χ0) is 26.9. The van der Waals surface area contributed by atoms with Crippen molar-refractivity contribution < 1.29 is 17.2 Å². The van der Waals surface area contributed by atoms with Crippen LogP contribution in [0.1, 0.15) is 50.0 Å². The first-order valence-corrected chi connectivity index (χ1v) is 10.0. The van der Waals surface area contributed by atoms with E-state index in [1.807, 2.05) is 19.9 Å². The molecule has 2 aromatic heterocycles. The predicted octanol–water partition coefficient (Wildman–Crippen LogP) is 7.06. The van der Waals surface area contributed by atoms with Crippen LogP contribution in [0.15, 0.2) is 34.7 Å². The summed E-state index contributed by atoms with van der Waals surface area (Å²) in [5, 5.41) is 1.61. The molecule has 0 fully saturated rings. The fourth-order valence-corrected chi connectivity index (χ4v) is 4.07. The van der Waals surface area contributed by atoms with E-state index in [1.165, 1.54) is 0 Å². The highest BCUT2D eigenvalue weighted by molar-refractivity contribution is 6.12. The van der Waals surface area contributed by atoms with Crippen LogP contribution in [0.25, 0.3) is 38.0 Å². The number of aryl methyl sites for hydroxylation is 2. The number of rotatable bonds is 3. The Morgan fingerprint density at radius 3 is 2.67 bits per heavy atom. The van der Waals surface area contributed by atoms with Crippen molar-refractivity contribution in [2.45, 2.75) is 47.8 Å². The van der Waals surface area contributed by atoms with E-state index in [9.17, 15) is 1.37 Å². The number of furan rings is 1. The Kier molecular flexibility index (Phi) is 3.40. The molecule has 0 amide bonds. The average molecular weight is 404 g/mol. The summed E-state index contributed by atoms with van der Waals surface area (Å²) in [5.41, 5.74) is 4.56. The van der Waals surface area contributed by atoms with E-state index in [0.29, 0.717) is 33.8 Å². The highest BCUT2D eigenvalue weighted by Crippen LogP contribution is 2.40. The maximum atomic E-state index is 9.22. The molecule has 0 saturated heterocycles. The lowest BCUT2D eigenvalue weighted by atomic mass is 9.92. The van der Waals surface area contributed by atoms with Gasteiger partial charge in [-0.15, -0.1) is 0 Å². The number of hydrogen-bond donors (Lipinski definition) is 0. The van der Waals surface area contributed by atoms with Gasteiger partial charge in [0.2, 0.25) is 5.69 Å². The van der Waals surface area contributed by atoms with E-state index >= 15 is 0 Å². The molecule has 3 nitrogen and oxygen atoms in total. The van der Waals surface area contributed by atoms with E-state index in [2.05, 4.69) is 4.85 Å². The summed E-state index contributed by atoms with van der Waals surface area (Å²) in [6.07, 6.45) is -2.05. The number of aromatic nitrogens is 1. The van der Waals surface area contributed by atoms with Gasteiger partial charge in [0, 0.05) is 36.2 Å². The molecule has 0 atom stereocenters. The molecule has 0 unspecified atom stereocenters. The molecule has 3 heteroatoms. The highest BCUT2D eigenvalue weighted by Gasteiger charge is 2.25. The molecule has 2 heterocycles. The molecule has 0 radical (unpaired) electrons. The first kappa shape index (κ1) is 14.0. The quantitative estimate of drug-likeness (QED) is 0.265. The second kappa shape index (κ2) is 7.29. The Balaban J connectivity index is 2.25. The standard InChI is InChI=1S/C27H29N2O/c1-15(2)11-20-13-23(29(8)19(6)18(20)5)26-17(4)12-16(3)25-22-14-21(28-7)9-10-24(22)30-27(25)26/h9-10,12-15H,11H2,1-6,8H3/q+1/i5D3,11D2,13D. The highest BCUT2D eigenvalue weighted by atomic mass is 16.3. The number of fused-ring (bicyclic) bond motifs is 3. The van der Waals surface area contributed by atoms with Crippen LogP contribution in [-0.4, -0.2) is 0 Å². The molecule has 0 aliphatic carbocycles. The van der Waals surface area contributed by atoms with Crippen molar-refractivity contribution in [1.82, 2.24) is 0 Å². The van der Waals surface area contributed by atoms with Crippen molar-refractivity contribution in [3.05, 3.63) is 69.7 Å². The molecule has 4 rings (SSSR count). The molecule has 0 bridgehead atoms. The zero-order valence-electron chi connectivity index (χ0n) is 24.2. The van der Waals surface area contributed by atoms with Crippen LogP contribution in [0.5, 0.6) is 0 Å². The van der Waals surface area contributed by atoms with E-state index in [0.717, 1.165) is 21.9 Å². The smallest absolute Gasteiger partial charge is 0.216 e. The second-order valence-corrected chi connectivity index (χ2v) is 8.15. The van der Waals surface area contributed by atoms with Gasteiger partial charge >= 0.3 is 0 Å². The molecule has 0 spiro atoms. The third kappa shape index (κ3) is 3.08. The number of hydrogen-bond acceptors (Lipinski definition) is 1. The van der Waals surface area contributed by atoms with Crippen LogP contribution in [0.4, 0.5) is 5.69 Å². The first-order chi connectivity index (χ1) is 16.6. The second-order valence-electron chi connectivity index (χ2n) is 8.15. The van der Waals surface area contributed by atoms with Gasteiger partial charge in [-0.1, -0.05) is 26.0 Å². The minimum absolute atomic E-state index is 0.109. The number of benzene rings is 2. The monoisotopic (exact) mass is 403 g/mol. The maximum absolute atomic E-state index is 9.22. The van der Waals surface area contributed by atoms with Gasteiger partial charge in [-0.2, -0.15) is 4.57 Å². The van der Waals surface area contributed by atoms with E-state index < -0.39 is 19.1 Å². The van der Waals surface area contributed by atoms with E-state index in [-0.39, 0.29) is 17.2 Å². The Morgan fingerprint density at radius 2 is 2.00 bits per heavy atom. The van der Waals surface area contributed by atoms with Crippen molar-refractivity contribution in [3.63, 3.8) is 0 Å². The van der Waals surface area contributed by atoms with Gasteiger partial charge in [-0.05, 0) is 61.8 Å². The van der Waals surface area contributed by atoms with Crippen molar-refractivity contribution in [2.75, 3.05) is 0 Å². The molecule has 2 aromatic carbocycles. The lowest BCUT2D eigenvalue weighted by molar-refractivity contribution is -0.667. The molecule has 30 heavy (non-hydrogen) atoms. The molecule has 0 aliphatic rings. The fraction of sp³-hybridized carbons (Fsp3) is 0.333. The molecule has 0 aliphatic heterocycles. The summed E-state index contributed by atoms with van der Waals surface area (Å²) in [6, 6.07) is 7.06. The Hall–Kier alpha value is -3.12. The zero-order valence-corrected chi connectivity index (χ0v) is 18.2. The average Bonchev–Trinajstić information content (AvgIpc) is 3.15. The third-order valence-corrected chi connectivity index (χ3v) is 5.61. The van der Waals surface area contributed by atoms with Gasteiger partial charge in [-0.3, -0.25) is 0 Å². The minimum Gasteiger partial charge on any atom is -0.455 e. The van der Waals surface area contributed by atoms with Gasteiger partial charge in [0.15, 0.2) is 11.4 Å². The normalized spacial score (nSPS) is 15.4. The van der Waals surface area contributed by atoms with Crippen LogP contribution >= 0.6 is 0 Å². The van der Waals surface area contributed by atoms with Crippen molar-refractivity contribution in [1.29, 1.82) is 0 Å². The SMILES string of the molecule is [2H]c1c(C([2H])([2H])C(C)C)c(C([2H])([2H])[2H])c(C)[n+](C)c1-c1c(C)cc(C)c2c1oc1ccc([N+]#[C-])cc12. The molecule has 4 aromatic rings. The van der Waals surface area contributed by atoms with Gasteiger partial charge in [0.25, 0.3) is 0 Å². The van der Waals surface area contributed by atoms with Crippen LogP contribution in [0, 0.1) is 40.1 Å².